The minimum absolute atomic E-state index is 0.130. The van der Waals surface area contributed by atoms with Gasteiger partial charge in [-0.1, -0.05) is 12.1 Å². The van der Waals surface area contributed by atoms with Gasteiger partial charge >= 0.3 is 0 Å². The van der Waals surface area contributed by atoms with Crippen molar-refractivity contribution in [2.24, 2.45) is 0 Å². The molecule has 2 amide bonds. The first-order valence-electron chi connectivity index (χ1n) is 6.31. The zero-order valence-electron chi connectivity index (χ0n) is 11.0. The standard InChI is InChI=1S/C14H17FN2O2/c1-9-6-13(18)16-10(2)14(19)17(9)8-11-4-3-5-12(15)7-11/h3-5,7,9-10H,6,8H2,1-2H3,(H,16,18). The molecule has 5 heteroatoms. The summed E-state index contributed by atoms with van der Waals surface area (Å²) >= 11 is 0. The lowest BCUT2D eigenvalue weighted by Gasteiger charge is -2.28. The highest BCUT2D eigenvalue weighted by Crippen LogP contribution is 2.16. The average molecular weight is 264 g/mol. The number of amides is 2. The molecule has 1 N–H and O–H groups in total. The van der Waals surface area contributed by atoms with Gasteiger partial charge in [-0.05, 0) is 31.5 Å². The van der Waals surface area contributed by atoms with Crippen LogP contribution in [0.3, 0.4) is 0 Å². The van der Waals surface area contributed by atoms with Gasteiger partial charge in [-0.25, -0.2) is 4.39 Å². The van der Waals surface area contributed by atoms with Gasteiger partial charge in [-0.15, -0.1) is 0 Å². The SMILES string of the molecule is CC1NC(=O)CC(C)N(Cc2cccc(F)c2)C1=O. The molecule has 1 aliphatic rings. The second kappa shape index (κ2) is 5.38. The van der Waals surface area contributed by atoms with Gasteiger partial charge in [-0.2, -0.15) is 0 Å². The highest BCUT2D eigenvalue weighted by molar-refractivity contribution is 5.90. The average Bonchev–Trinajstić information content (AvgIpc) is 2.41. The number of hydrogen-bond acceptors (Lipinski definition) is 2. The topological polar surface area (TPSA) is 49.4 Å². The van der Waals surface area contributed by atoms with E-state index < -0.39 is 6.04 Å². The quantitative estimate of drug-likeness (QED) is 0.879. The van der Waals surface area contributed by atoms with Crippen molar-refractivity contribution >= 4 is 11.8 Å². The number of rotatable bonds is 2. The number of carbonyl (C=O) groups is 2. The Labute approximate surface area is 111 Å². The zero-order chi connectivity index (χ0) is 14.0. The summed E-state index contributed by atoms with van der Waals surface area (Å²) in [6.45, 7) is 3.81. The molecule has 1 aromatic rings. The molecule has 1 saturated heterocycles. The second-order valence-electron chi connectivity index (χ2n) is 4.94. The van der Waals surface area contributed by atoms with E-state index in [9.17, 15) is 14.0 Å². The van der Waals surface area contributed by atoms with Gasteiger partial charge in [0.25, 0.3) is 0 Å². The number of nitrogens with one attached hydrogen (secondary N) is 1. The van der Waals surface area contributed by atoms with Gasteiger partial charge in [-0.3, -0.25) is 9.59 Å². The summed E-state index contributed by atoms with van der Waals surface area (Å²) in [6.07, 6.45) is 0.269. The highest BCUT2D eigenvalue weighted by atomic mass is 19.1. The van der Waals surface area contributed by atoms with Crippen LogP contribution in [-0.2, 0) is 16.1 Å². The molecule has 19 heavy (non-hydrogen) atoms. The van der Waals surface area contributed by atoms with Gasteiger partial charge in [0.05, 0.1) is 0 Å². The maximum absolute atomic E-state index is 13.2. The number of hydrogen-bond donors (Lipinski definition) is 1. The Bertz CT molecular complexity index is 504. The molecule has 0 bridgehead atoms. The normalized spacial score (nSPS) is 24.1. The number of carbonyl (C=O) groups excluding carboxylic acids is 2. The smallest absolute Gasteiger partial charge is 0.245 e. The zero-order valence-corrected chi connectivity index (χ0v) is 11.0. The van der Waals surface area contributed by atoms with E-state index >= 15 is 0 Å². The molecule has 2 unspecified atom stereocenters. The van der Waals surface area contributed by atoms with Crippen molar-refractivity contribution in [1.29, 1.82) is 0 Å². The molecule has 0 spiro atoms. The van der Waals surface area contributed by atoms with E-state index in [1.54, 1.807) is 24.0 Å². The third kappa shape index (κ3) is 3.10. The van der Waals surface area contributed by atoms with E-state index in [2.05, 4.69) is 5.32 Å². The lowest BCUT2D eigenvalue weighted by Crippen LogP contribution is -2.44. The van der Waals surface area contributed by atoms with Gasteiger partial charge < -0.3 is 10.2 Å². The van der Waals surface area contributed by atoms with Crippen LogP contribution in [0.2, 0.25) is 0 Å². The summed E-state index contributed by atoms with van der Waals surface area (Å²) in [4.78, 5) is 25.4. The highest BCUT2D eigenvalue weighted by Gasteiger charge is 2.31. The first kappa shape index (κ1) is 13.5. The fourth-order valence-electron chi connectivity index (χ4n) is 2.27. The van der Waals surface area contributed by atoms with Crippen molar-refractivity contribution in [3.8, 4) is 0 Å². The van der Waals surface area contributed by atoms with Gasteiger partial charge in [0.15, 0.2) is 0 Å². The van der Waals surface area contributed by atoms with Crippen molar-refractivity contribution in [1.82, 2.24) is 10.2 Å². The number of nitrogens with zero attached hydrogens (tertiary/aromatic N) is 1. The Morgan fingerprint density at radius 1 is 1.37 bits per heavy atom. The van der Waals surface area contributed by atoms with Gasteiger partial charge in [0.2, 0.25) is 11.8 Å². The summed E-state index contributed by atoms with van der Waals surface area (Å²) in [5.41, 5.74) is 0.724. The lowest BCUT2D eigenvalue weighted by molar-refractivity contribution is -0.135. The predicted molar refractivity (Wildman–Crippen MR) is 68.6 cm³/mol. The van der Waals surface area contributed by atoms with Crippen molar-refractivity contribution < 1.29 is 14.0 Å². The fourth-order valence-corrected chi connectivity index (χ4v) is 2.27. The van der Waals surface area contributed by atoms with Crippen LogP contribution in [0.5, 0.6) is 0 Å². The summed E-state index contributed by atoms with van der Waals surface area (Å²) in [5, 5.41) is 2.64. The Hall–Kier alpha value is -1.91. The van der Waals surface area contributed by atoms with E-state index in [-0.39, 0.29) is 30.1 Å². The molecule has 1 fully saturated rings. The van der Waals surface area contributed by atoms with Crippen molar-refractivity contribution in [3.63, 3.8) is 0 Å². The maximum Gasteiger partial charge on any atom is 0.245 e. The third-order valence-electron chi connectivity index (χ3n) is 3.29. The Balaban J connectivity index is 2.21. The summed E-state index contributed by atoms with van der Waals surface area (Å²) < 4.78 is 13.2. The Kier molecular flexibility index (Phi) is 3.83. The predicted octanol–water partition coefficient (Wildman–Crippen LogP) is 1.45. The number of benzene rings is 1. The van der Waals surface area contributed by atoms with Crippen LogP contribution in [0, 0.1) is 5.82 Å². The minimum Gasteiger partial charge on any atom is -0.345 e. The van der Waals surface area contributed by atoms with Crippen LogP contribution in [-0.4, -0.2) is 28.8 Å². The molecule has 0 aliphatic carbocycles. The molecule has 0 saturated carbocycles. The van der Waals surface area contributed by atoms with Crippen LogP contribution in [0.1, 0.15) is 25.8 Å². The molecule has 2 atom stereocenters. The first-order chi connectivity index (χ1) is 8.97. The maximum atomic E-state index is 13.2. The van der Waals surface area contributed by atoms with Crippen LogP contribution in [0.4, 0.5) is 4.39 Å². The van der Waals surface area contributed by atoms with Crippen LogP contribution < -0.4 is 5.32 Å². The third-order valence-corrected chi connectivity index (χ3v) is 3.29. The molecule has 0 radical (unpaired) electrons. The molecule has 2 rings (SSSR count). The summed E-state index contributed by atoms with van der Waals surface area (Å²) in [6, 6.07) is 5.43. The molecule has 4 nitrogen and oxygen atoms in total. The van der Waals surface area contributed by atoms with Gasteiger partial charge in [0, 0.05) is 19.0 Å². The molecular weight excluding hydrogens is 247 g/mol. The van der Waals surface area contributed by atoms with Crippen LogP contribution in [0.25, 0.3) is 0 Å². The first-order valence-corrected chi connectivity index (χ1v) is 6.31. The molecule has 0 aromatic heterocycles. The largest absolute Gasteiger partial charge is 0.345 e. The fraction of sp³-hybridized carbons (Fsp3) is 0.429. The van der Waals surface area contributed by atoms with Crippen LogP contribution >= 0.6 is 0 Å². The summed E-state index contributed by atoms with van der Waals surface area (Å²) in [5.74, 6) is -0.590. The Morgan fingerprint density at radius 3 is 2.79 bits per heavy atom. The van der Waals surface area contributed by atoms with Gasteiger partial charge in [0.1, 0.15) is 11.9 Å². The summed E-state index contributed by atoms with van der Waals surface area (Å²) in [7, 11) is 0. The van der Waals surface area contributed by atoms with Crippen molar-refractivity contribution in [3.05, 3.63) is 35.6 Å². The Morgan fingerprint density at radius 2 is 2.11 bits per heavy atom. The van der Waals surface area contributed by atoms with Crippen molar-refractivity contribution in [2.75, 3.05) is 0 Å². The van der Waals surface area contributed by atoms with E-state index in [1.165, 1.54) is 12.1 Å². The van der Waals surface area contributed by atoms with Crippen molar-refractivity contribution in [2.45, 2.75) is 38.9 Å². The van der Waals surface area contributed by atoms with E-state index in [0.717, 1.165) is 5.56 Å². The van der Waals surface area contributed by atoms with E-state index in [0.29, 0.717) is 6.54 Å². The molecule has 1 aliphatic heterocycles. The lowest BCUT2D eigenvalue weighted by atomic mass is 10.1. The van der Waals surface area contributed by atoms with E-state index in [4.69, 9.17) is 0 Å². The van der Waals surface area contributed by atoms with Crippen LogP contribution in [0.15, 0.2) is 24.3 Å². The van der Waals surface area contributed by atoms with E-state index in [1.807, 2.05) is 6.92 Å². The second-order valence-corrected chi connectivity index (χ2v) is 4.94. The molecule has 102 valence electrons. The molecule has 1 aromatic carbocycles. The molecule has 1 heterocycles. The monoisotopic (exact) mass is 264 g/mol. The minimum atomic E-state index is -0.536. The number of halogens is 1. The molecular formula is C14H17FN2O2.